The minimum absolute atomic E-state index is 0.225. The van der Waals surface area contributed by atoms with Crippen LogP contribution in [0.15, 0.2) is 58.3 Å². The predicted octanol–water partition coefficient (Wildman–Crippen LogP) is 6.91. The topological polar surface area (TPSA) is 0 Å². The van der Waals surface area contributed by atoms with Gasteiger partial charge in [-0.15, -0.1) is 0 Å². The van der Waals surface area contributed by atoms with Gasteiger partial charge in [-0.3, -0.25) is 0 Å². The average molecular weight is 317 g/mol. The quantitative estimate of drug-likeness (QED) is 0.562. The predicted molar refractivity (Wildman–Crippen MR) is 97.4 cm³/mol. The van der Waals surface area contributed by atoms with Crippen molar-refractivity contribution in [2.45, 2.75) is 55.7 Å². The Morgan fingerprint density at radius 2 is 1.14 bits per heavy atom. The molecule has 0 fully saturated rings. The van der Waals surface area contributed by atoms with Crippen molar-refractivity contribution in [1.29, 1.82) is 0 Å². The summed E-state index contributed by atoms with van der Waals surface area (Å²) in [5.41, 5.74) is 3.01. The van der Waals surface area contributed by atoms with Gasteiger partial charge in [-0.25, -0.2) is 0 Å². The molecule has 21 heavy (non-hydrogen) atoms. The Hall–Kier alpha value is -0.860. The number of benzene rings is 2. The maximum atomic E-state index is 2.25. The molecule has 0 aliphatic rings. The van der Waals surface area contributed by atoms with E-state index in [-0.39, 0.29) is 5.41 Å². The van der Waals surface area contributed by atoms with Crippen molar-refractivity contribution in [2.24, 2.45) is 0 Å². The summed E-state index contributed by atoms with van der Waals surface area (Å²) < 4.78 is 0. The Labute approximate surface area is 137 Å². The van der Waals surface area contributed by atoms with Crippen LogP contribution in [0.25, 0.3) is 0 Å². The highest BCUT2D eigenvalue weighted by molar-refractivity contribution is 8.76. The summed E-state index contributed by atoms with van der Waals surface area (Å²) in [6, 6.07) is 17.8. The van der Waals surface area contributed by atoms with E-state index >= 15 is 0 Å². The van der Waals surface area contributed by atoms with Gasteiger partial charge in [0.1, 0.15) is 0 Å². The third kappa shape index (κ3) is 4.82. The third-order valence-corrected chi connectivity index (χ3v) is 5.92. The molecule has 2 heteroatoms. The second-order valence-corrected chi connectivity index (χ2v) is 8.94. The van der Waals surface area contributed by atoms with Gasteiger partial charge in [0, 0.05) is 9.79 Å². The van der Waals surface area contributed by atoms with Crippen molar-refractivity contribution in [3.63, 3.8) is 0 Å². The van der Waals surface area contributed by atoms with Crippen LogP contribution < -0.4 is 0 Å². The molecule has 0 radical (unpaired) electrons. The highest BCUT2D eigenvalue weighted by atomic mass is 33.1. The van der Waals surface area contributed by atoms with Gasteiger partial charge < -0.3 is 0 Å². The lowest BCUT2D eigenvalue weighted by Crippen LogP contribution is -2.10. The molecule has 0 N–H and O–H groups in total. The molecule has 0 spiro atoms. The molecule has 0 unspecified atom stereocenters. The van der Waals surface area contributed by atoms with E-state index in [2.05, 4.69) is 83.1 Å². The van der Waals surface area contributed by atoms with Crippen molar-refractivity contribution in [2.75, 3.05) is 0 Å². The SMILES string of the molecule is CC(C)c1ccc(SSc2ccc(C(C)(C)C)cc2)cc1. The monoisotopic (exact) mass is 316 g/mol. The van der Waals surface area contributed by atoms with Crippen molar-refractivity contribution in [3.05, 3.63) is 59.7 Å². The molecular formula is C19H24S2. The van der Waals surface area contributed by atoms with Gasteiger partial charge in [-0.1, -0.05) is 80.5 Å². The van der Waals surface area contributed by atoms with Gasteiger partial charge in [-0.2, -0.15) is 0 Å². The molecular weight excluding hydrogens is 292 g/mol. The van der Waals surface area contributed by atoms with E-state index in [1.165, 1.54) is 20.9 Å². The molecule has 2 aromatic carbocycles. The summed E-state index contributed by atoms with van der Waals surface area (Å²) in [6.45, 7) is 11.2. The molecule has 0 amide bonds. The first kappa shape index (κ1) is 16.5. The third-order valence-electron chi connectivity index (χ3n) is 3.50. The Morgan fingerprint density at radius 1 is 0.714 bits per heavy atom. The summed E-state index contributed by atoms with van der Waals surface area (Å²) in [5.74, 6) is 0.599. The van der Waals surface area contributed by atoms with Crippen LogP contribution in [0.1, 0.15) is 51.7 Å². The van der Waals surface area contributed by atoms with E-state index < -0.39 is 0 Å². The molecule has 0 nitrogen and oxygen atoms in total. The highest BCUT2D eigenvalue weighted by Gasteiger charge is 2.12. The Bertz CT molecular complexity index is 560. The van der Waals surface area contributed by atoms with E-state index in [0.29, 0.717) is 5.92 Å². The molecule has 0 heterocycles. The molecule has 0 aliphatic heterocycles. The lowest BCUT2D eigenvalue weighted by Gasteiger charge is -2.18. The second kappa shape index (κ2) is 6.93. The van der Waals surface area contributed by atoms with Crippen molar-refractivity contribution in [3.8, 4) is 0 Å². The fraction of sp³-hybridized carbons (Fsp3) is 0.368. The Morgan fingerprint density at radius 3 is 1.52 bits per heavy atom. The highest BCUT2D eigenvalue weighted by Crippen LogP contribution is 2.38. The van der Waals surface area contributed by atoms with Crippen LogP contribution in [0, 0.1) is 0 Å². The van der Waals surface area contributed by atoms with Crippen LogP contribution in [0.5, 0.6) is 0 Å². The molecule has 0 aromatic heterocycles. The van der Waals surface area contributed by atoms with Gasteiger partial charge in [0.05, 0.1) is 0 Å². The molecule has 2 aromatic rings. The van der Waals surface area contributed by atoms with Crippen LogP contribution in [0.4, 0.5) is 0 Å². The maximum Gasteiger partial charge on any atom is 0.0186 e. The van der Waals surface area contributed by atoms with Gasteiger partial charge in [0.15, 0.2) is 0 Å². The minimum atomic E-state index is 0.225. The van der Waals surface area contributed by atoms with Gasteiger partial charge in [0.25, 0.3) is 0 Å². The zero-order valence-electron chi connectivity index (χ0n) is 13.5. The summed E-state index contributed by atoms with van der Waals surface area (Å²) in [7, 11) is 3.65. The first-order valence-electron chi connectivity index (χ1n) is 7.41. The molecule has 2 rings (SSSR count). The fourth-order valence-electron chi connectivity index (χ4n) is 2.01. The largest absolute Gasteiger partial charge is 0.0587 e. The molecule has 112 valence electrons. The van der Waals surface area contributed by atoms with E-state index in [9.17, 15) is 0 Å². The van der Waals surface area contributed by atoms with Gasteiger partial charge >= 0.3 is 0 Å². The smallest absolute Gasteiger partial charge is 0.0186 e. The van der Waals surface area contributed by atoms with Crippen LogP contribution in [-0.4, -0.2) is 0 Å². The van der Waals surface area contributed by atoms with E-state index in [1.807, 2.05) is 21.6 Å². The lowest BCUT2D eigenvalue weighted by atomic mass is 9.87. The molecule has 0 saturated heterocycles. The average Bonchev–Trinajstić information content (AvgIpc) is 2.45. The van der Waals surface area contributed by atoms with Crippen LogP contribution >= 0.6 is 21.6 Å². The Balaban J connectivity index is 1.96. The Kier molecular flexibility index (Phi) is 5.45. The molecule has 0 aliphatic carbocycles. The number of rotatable bonds is 4. The zero-order chi connectivity index (χ0) is 15.5. The lowest BCUT2D eigenvalue weighted by molar-refractivity contribution is 0.590. The first-order valence-corrected chi connectivity index (χ1v) is 9.56. The molecule has 0 saturated carbocycles. The van der Waals surface area contributed by atoms with Crippen LogP contribution in [0.2, 0.25) is 0 Å². The normalized spacial score (nSPS) is 11.9. The minimum Gasteiger partial charge on any atom is -0.0587 e. The van der Waals surface area contributed by atoms with E-state index in [1.54, 1.807) is 0 Å². The van der Waals surface area contributed by atoms with E-state index in [4.69, 9.17) is 0 Å². The van der Waals surface area contributed by atoms with Gasteiger partial charge in [-0.05, 0) is 46.7 Å². The summed E-state index contributed by atoms with van der Waals surface area (Å²) in [4.78, 5) is 2.62. The zero-order valence-corrected chi connectivity index (χ0v) is 15.1. The van der Waals surface area contributed by atoms with Crippen molar-refractivity contribution in [1.82, 2.24) is 0 Å². The number of hydrogen-bond acceptors (Lipinski definition) is 2. The summed E-state index contributed by atoms with van der Waals surface area (Å²) >= 11 is 0. The van der Waals surface area contributed by atoms with Crippen molar-refractivity contribution < 1.29 is 0 Å². The van der Waals surface area contributed by atoms with E-state index in [0.717, 1.165) is 0 Å². The van der Waals surface area contributed by atoms with Crippen molar-refractivity contribution >= 4 is 21.6 Å². The summed E-state index contributed by atoms with van der Waals surface area (Å²) in [5, 5.41) is 0. The fourth-order valence-corrected chi connectivity index (χ4v) is 3.95. The number of hydrogen-bond donors (Lipinski definition) is 0. The summed E-state index contributed by atoms with van der Waals surface area (Å²) in [6.07, 6.45) is 0. The first-order chi connectivity index (χ1) is 9.86. The molecule has 0 bridgehead atoms. The maximum absolute atomic E-state index is 2.25. The van der Waals surface area contributed by atoms with Crippen LogP contribution in [-0.2, 0) is 5.41 Å². The second-order valence-electron chi connectivity index (χ2n) is 6.66. The molecule has 0 atom stereocenters. The standard InChI is InChI=1S/C19H24S2/c1-14(2)15-6-10-17(11-7-15)20-21-18-12-8-16(9-13-18)19(3,4)5/h6-14H,1-5H3. The van der Waals surface area contributed by atoms with Gasteiger partial charge in [0.2, 0.25) is 0 Å². The van der Waals surface area contributed by atoms with Crippen LogP contribution in [0.3, 0.4) is 0 Å².